The third kappa shape index (κ3) is 4.28. The minimum absolute atomic E-state index is 0.0122. The molecule has 0 unspecified atom stereocenters. The maximum atomic E-state index is 11.9. The van der Waals surface area contributed by atoms with Crippen molar-refractivity contribution in [2.75, 3.05) is 42.5 Å². The van der Waals surface area contributed by atoms with Crippen LogP contribution in [0, 0.1) is 6.92 Å². The molecule has 0 radical (unpaired) electrons. The first-order valence-electron chi connectivity index (χ1n) is 10.2. The van der Waals surface area contributed by atoms with Crippen molar-refractivity contribution in [2.24, 2.45) is 5.10 Å². The van der Waals surface area contributed by atoms with Crippen molar-refractivity contribution in [1.29, 1.82) is 0 Å². The monoisotopic (exact) mass is 422 g/mol. The van der Waals surface area contributed by atoms with Crippen LogP contribution in [-0.4, -0.2) is 59.3 Å². The van der Waals surface area contributed by atoms with E-state index >= 15 is 0 Å². The first-order valence-corrected chi connectivity index (χ1v) is 10.6. The molecule has 1 fully saturated rings. The highest BCUT2D eigenvalue weighted by Gasteiger charge is 2.25. The van der Waals surface area contributed by atoms with Gasteiger partial charge in [0.25, 0.3) is 0 Å². The van der Waals surface area contributed by atoms with Crippen molar-refractivity contribution in [1.82, 2.24) is 15.3 Å². The lowest BCUT2D eigenvalue weighted by molar-refractivity contribution is -0.116. The van der Waals surface area contributed by atoms with E-state index in [0.29, 0.717) is 18.1 Å². The molecule has 4 rings (SSSR count). The van der Waals surface area contributed by atoms with Crippen molar-refractivity contribution >= 4 is 40.3 Å². The van der Waals surface area contributed by atoms with Gasteiger partial charge in [0.2, 0.25) is 5.91 Å². The standard InChI is InChI=1S/C22H26N6OS/c1-16-5-7-18(8-6-16)26-12-14-27(15-13-26)22(30)25-24-19-9-11-28(17(2)29)20-4-3-10-23-21(19)20/h3-8,10H,9,11-15H2,1-2H3,(H,25,30)/b24-19-. The van der Waals surface area contributed by atoms with Gasteiger partial charge >= 0.3 is 0 Å². The van der Waals surface area contributed by atoms with Crippen LogP contribution < -0.4 is 15.2 Å². The summed E-state index contributed by atoms with van der Waals surface area (Å²) in [6.07, 6.45) is 2.36. The maximum absolute atomic E-state index is 11.9. The maximum Gasteiger partial charge on any atom is 0.223 e. The summed E-state index contributed by atoms with van der Waals surface area (Å²) in [4.78, 5) is 22.6. The van der Waals surface area contributed by atoms with Gasteiger partial charge in [-0.1, -0.05) is 17.7 Å². The van der Waals surface area contributed by atoms with Crippen molar-refractivity contribution in [2.45, 2.75) is 20.3 Å². The summed E-state index contributed by atoms with van der Waals surface area (Å²) < 4.78 is 0. The molecule has 0 aliphatic carbocycles. The SMILES string of the molecule is CC(=O)N1CC/C(=N/NC(=S)N2CCN(c3ccc(C)cc3)CC2)c2ncccc21. The van der Waals surface area contributed by atoms with Crippen LogP contribution in [0.3, 0.4) is 0 Å². The summed E-state index contributed by atoms with van der Waals surface area (Å²) in [5.74, 6) is 0.0122. The zero-order valence-electron chi connectivity index (χ0n) is 17.3. The van der Waals surface area contributed by atoms with Crippen molar-refractivity contribution in [3.8, 4) is 0 Å². The summed E-state index contributed by atoms with van der Waals surface area (Å²) in [5, 5.41) is 5.17. The summed E-state index contributed by atoms with van der Waals surface area (Å²) in [5.41, 5.74) is 7.93. The highest BCUT2D eigenvalue weighted by atomic mass is 32.1. The molecule has 156 valence electrons. The Labute approximate surface area is 182 Å². The molecule has 2 aliphatic rings. The second kappa shape index (κ2) is 8.79. The Morgan fingerprint density at radius 3 is 2.53 bits per heavy atom. The fourth-order valence-electron chi connectivity index (χ4n) is 3.84. The molecule has 1 saturated heterocycles. The average Bonchev–Trinajstić information content (AvgIpc) is 2.77. The van der Waals surface area contributed by atoms with Crippen LogP contribution in [0.1, 0.15) is 24.6 Å². The van der Waals surface area contributed by atoms with E-state index in [1.165, 1.54) is 11.3 Å². The number of piperazine rings is 1. The number of benzene rings is 1. The minimum atomic E-state index is 0.0122. The number of aryl methyl sites for hydroxylation is 1. The quantitative estimate of drug-likeness (QED) is 0.593. The average molecular weight is 423 g/mol. The summed E-state index contributed by atoms with van der Waals surface area (Å²) in [6.45, 7) is 7.79. The first kappa shape index (κ1) is 20.3. The third-order valence-electron chi connectivity index (χ3n) is 5.56. The molecule has 1 aromatic heterocycles. The zero-order chi connectivity index (χ0) is 21.1. The Balaban J connectivity index is 1.38. The van der Waals surface area contributed by atoms with E-state index in [4.69, 9.17) is 12.2 Å². The van der Waals surface area contributed by atoms with E-state index in [-0.39, 0.29) is 5.91 Å². The molecule has 0 saturated carbocycles. The number of hydrazone groups is 1. The minimum Gasteiger partial charge on any atom is -0.368 e. The molecule has 2 aromatic rings. The van der Waals surface area contributed by atoms with Crippen LogP contribution in [0.15, 0.2) is 47.7 Å². The number of anilines is 2. The van der Waals surface area contributed by atoms with E-state index in [1.54, 1.807) is 18.0 Å². The summed E-state index contributed by atoms with van der Waals surface area (Å²) in [6, 6.07) is 12.4. The topological polar surface area (TPSA) is 64.1 Å². The Morgan fingerprint density at radius 2 is 1.83 bits per heavy atom. The molecule has 2 aliphatic heterocycles. The highest BCUT2D eigenvalue weighted by Crippen LogP contribution is 2.25. The van der Waals surface area contributed by atoms with E-state index in [1.807, 2.05) is 12.1 Å². The van der Waals surface area contributed by atoms with E-state index in [9.17, 15) is 4.79 Å². The third-order valence-corrected chi connectivity index (χ3v) is 5.90. The Kier molecular flexibility index (Phi) is 5.94. The van der Waals surface area contributed by atoms with Gasteiger partial charge in [-0.3, -0.25) is 15.2 Å². The van der Waals surface area contributed by atoms with Gasteiger partial charge in [0.05, 0.1) is 11.4 Å². The molecule has 0 spiro atoms. The van der Waals surface area contributed by atoms with Crippen LogP contribution in [0.2, 0.25) is 0 Å². The predicted molar refractivity (Wildman–Crippen MR) is 124 cm³/mol. The van der Waals surface area contributed by atoms with Gasteiger partial charge in [-0.15, -0.1) is 0 Å². The summed E-state index contributed by atoms with van der Waals surface area (Å²) in [7, 11) is 0. The zero-order valence-corrected chi connectivity index (χ0v) is 18.2. The largest absolute Gasteiger partial charge is 0.368 e. The number of rotatable bonds is 2. The molecule has 0 atom stereocenters. The molecule has 3 heterocycles. The number of aromatic nitrogens is 1. The molecule has 0 bridgehead atoms. The number of fused-ring (bicyclic) bond motifs is 1. The van der Waals surface area contributed by atoms with Crippen LogP contribution in [0.4, 0.5) is 11.4 Å². The number of hydrogen-bond donors (Lipinski definition) is 1. The van der Waals surface area contributed by atoms with Crippen molar-refractivity contribution in [3.05, 3.63) is 53.9 Å². The second-order valence-electron chi connectivity index (χ2n) is 7.58. The number of carbonyl (C=O) groups is 1. The van der Waals surface area contributed by atoms with Gasteiger partial charge in [-0.05, 0) is 43.4 Å². The lowest BCUT2D eigenvalue weighted by atomic mass is 10.1. The van der Waals surface area contributed by atoms with Crippen molar-refractivity contribution in [3.63, 3.8) is 0 Å². The normalized spacial score (nSPS) is 17.7. The first-order chi connectivity index (χ1) is 14.5. The predicted octanol–water partition coefficient (Wildman–Crippen LogP) is 2.55. The van der Waals surface area contributed by atoms with Crippen molar-refractivity contribution < 1.29 is 4.79 Å². The Hall–Kier alpha value is -3.00. The fourth-order valence-corrected chi connectivity index (χ4v) is 4.07. The van der Waals surface area contributed by atoms with Gasteiger partial charge < -0.3 is 14.7 Å². The molecular weight excluding hydrogens is 396 g/mol. The van der Waals surface area contributed by atoms with Crippen LogP contribution in [0.25, 0.3) is 0 Å². The Morgan fingerprint density at radius 1 is 1.10 bits per heavy atom. The van der Waals surface area contributed by atoms with Crippen LogP contribution in [-0.2, 0) is 4.79 Å². The summed E-state index contributed by atoms with van der Waals surface area (Å²) >= 11 is 5.58. The highest BCUT2D eigenvalue weighted by molar-refractivity contribution is 7.80. The number of amides is 1. The Bertz CT molecular complexity index is 966. The van der Waals surface area contributed by atoms with Gasteiger partial charge in [0.15, 0.2) is 5.11 Å². The van der Waals surface area contributed by atoms with Crippen LogP contribution >= 0.6 is 12.2 Å². The number of pyridine rings is 1. The molecule has 1 aromatic carbocycles. The fraction of sp³-hybridized carbons (Fsp3) is 0.364. The molecule has 7 nitrogen and oxygen atoms in total. The van der Waals surface area contributed by atoms with E-state index in [0.717, 1.165) is 43.3 Å². The molecule has 1 amide bonds. The number of nitrogens with one attached hydrogen (secondary N) is 1. The lowest BCUT2D eigenvalue weighted by Crippen LogP contribution is -2.51. The number of nitrogens with zero attached hydrogens (tertiary/aromatic N) is 5. The molecular formula is C22H26N6OS. The molecule has 8 heteroatoms. The van der Waals surface area contributed by atoms with Gasteiger partial charge in [0.1, 0.15) is 5.69 Å². The van der Waals surface area contributed by atoms with Crippen LogP contribution in [0.5, 0.6) is 0 Å². The van der Waals surface area contributed by atoms with Gasteiger partial charge in [-0.2, -0.15) is 5.10 Å². The second-order valence-corrected chi connectivity index (χ2v) is 7.96. The number of carbonyl (C=O) groups excluding carboxylic acids is 1. The van der Waals surface area contributed by atoms with Gasteiger partial charge in [0, 0.05) is 58.0 Å². The van der Waals surface area contributed by atoms with E-state index in [2.05, 4.69) is 56.5 Å². The van der Waals surface area contributed by atoms with E-state index < -0.39 is 0 Å². The molecule has 30 heavy (non-hydrogen) atoms. The number of hydrogen-bond acceptors (Lipinski definition) is 5. The number of thiocarbonyl (C=S) groups is 1. The lowest BCUT2D eigenvalue weighted by Gasteiger charge is -2.37. The molecule has 1 N–H and O–H groups in total. The van der Waals surface area contributed by atoms with Gasteiger partial charge in [-0.25, -0.2) is 0 Å². The smallest absolute Gasteiger partial charge is 0.223 e.